The zero-order chi connectivity index (χ0) is 10.8. The molecule has 0 aromatic carbocycles. The number of aliphatic hydroxyl groups is 1. The number of esters is 1. The van der Waals surface area contributed by atoms with E-state index in [1.54, 1.807) is 13.8 Å². The molecule has 1 N–H and O–H groups in total. The molecule has 3 atom stereocenters. The fraction of sp³-hybridized carbons (Fsp3) is 0.909. The van der Waals surface area contributed by atoms with Crippen LogP contribution in [-0.4, -0.2) is 23.3 Å². The molecule has 0 aliphatic heterocycles. The first kappa shape index (κ1) is 11.5. The monoisotopic (exact) mass is 200 g/mol. The molecule has 0 saturated heterocycles. The van der Waals surface area contributed by atoms with Crippen molar-refractivity contribution < 1.29 is 14.6 Å². The zero-order valence-corrected chi connectivity index (χ0v) is 9.25. The van der Waals surface area contributed by atoms with Gasteiger partial charge in [0.2, 0.25) is 0 Å². The van der Waals surface area contributed by atoms with Crippen molar-refractivity contribution in [3.63, 3.8) is 0 Å². The fourth-order valence-corrected chi connectivity index (χ4v) is 2.16. The Balaban J connectivity index is 2.59. The maximum atomic E-state index is 11.5. The lowest BCUT2D eigenvalue weighted by Gasteiger charge is -2.27. The molecule has 0 aromatic heterocycles. The van der Waals surface area contributed by atoms with Crippen LogP contribution in [0.5, 0.6) is 0 Å². The number of carbonyl (C=O) groups excluding carboxylic acids is 1. The van der Waals surface area contributed by atoms with Gasteiger partial charge >= 0.3 is 5.97 Å². The molecular formula is C11H20O3. The lowest BCUT2D eigenvalue weighted by molar-refractivity contribution is -0.168. The summed E-state index contributed by atoms with van der Waals surface area (Å²) in [4.78, 5) is 11.5. The third-order valence-corrected chi connectivity index (χ3v) is 3.18. The van der Waals surface area contributed by atoms with E-state index in [0.29, 0.717) is 12.5 Å². The van der Waals surface area contributed by atoms with Gasteiger partial charge in [0.15, 0.2) is 5.60 Å². The van der Waals surface area contributed by atoms with E-state index < -0.39 is 11.6 Å². The van der Waals surface area contributed by atoms with Crippen molar-refractivity contribution >= 4 is 5.97 Å². The summed E-state index contributed by atoms with van der Waals surface area (Å²) in [6, 6.07) is 0. The summed E-state index contributed by atoms with van der Waals surface area (Å²) in [5.41, 5.74) is -1.29. The van der Waals surface area contributed by atoms with Crippen molar-refractivity contribution in [3.05, 3.63) is 0 Å². The molecule has 3 heteroatoms. The highest BCUT2D eigenvalue weighted by atomic mass is 16.5. The smallest absolute Gasteiger partial charge is 0.338 e. The molecule has 0 spiro atoms. The minimum atomic E-state index is -1.29. The number of hydrogen-bond acceptors (Lipinski definition) is 3. The van der Waals surface area contributed by atoms with Crippen LogP contribution in [0.3, 0.4) is 0 Å². The van der Waals surface area contributed by atoms with Crippen LogP contribution in [0.2, 0.25) is 0 Å². The predicted molar refractivity (Wildman–Crippen MR) is 53.8 cm³/mol. The highest BCUT2D eigenvalue weighted by Gasteiger charge is 2.43. The van der Waals surface area contributed by atoms with E-state index >= 15 is 0 Å². The summed E-state index contributed by atoms with van der Waals surface area (Å²) in [6.07, 6.45) is 2.94. The van der Waals surface area contributed by atoms with Gasteiger partial charge in [-0.2, -0.15) is 0 Å². The molecule has 0 aromatic rings. The Labute approximate surface area is 85.5 Å². The van der Waals surface area contributed by atoms with E-state index in [1.165, 1.54) is 0 Å². The average Bonchev–Trinajstić information content (AvgIpc) is 2.52. The van der Waals surface area contributed by atoms with E-state index in [-0.39, 0.29) is 5.92 Å². The quantitative estimate of drug-likeness (QED) is 0.706. The molecular weight excluding hydrogens is 180 g/mol. The van der Waals surface area contributed by atoms with Gasteiger partial charge in [0, 0.05) is 0 Å². The van der Waals surface area contributed by atoms with E-state index in [4.69, 9.17) is 4.74 Å². The van der Waals surface area contributed by atoms with E-state index in [2.05, 4.69) is 6.92 Å². The molecule has 0 heterocycles. The van der Waals surface area contributed by atoms with Crippen molar-refractivity contribution in [2.75, 3.05) is 6.61 Å². The Hall–Kier alpha value is -0.570. The van der Waals surface area contributed by atoms with E-state index in [0.717, 1.165) is 19.3 Å². The van der Waals surface area contributed by atoms with Gasteiger partial charge in [-0.05, 0) is 38.5 Å². The minimum absolute atomic E-state index is 0.0662. The van der Waals surface area contributed by atoms with Gasteiger partial charge < -0.3 is 9.84 Å². The van der Waals surface area contributed by atoms with Crippen molar-refractivity contribution in [2.24, 2.45) is 11.8 Å². The summed E-state index contributed by atoms with van der Waals surface area (Å²) < 4.78 is 4.87. The van der Waals surface area contributed by atoms with Crippen LogP contribution in [0, 0.1) is 11.8 Å². The number of carbonyl (C=O) groups is 1. The largest absolute Gasteiger partial charge is 0.464 e. The minimum Gasteiger partial charge on any atom is -0.464 e. The van der Waals surface area contributed by atoms with Crippen LogP contribution in [0.1, 0.15) is 40.0 Å². The van der Waals surface area contributed by atoms with Gasteiger partial charge in [0.1, 0.15) is 0 Å². The molecule has 1 aliphatic carbocycles. The second-order valence-corrected chi connectivity index (χ2v) is 4.48. The van der Waals surface area contributed by atoms with E-state index in [9.17, 15) is 9.90 Å². The Morgan fingerprint density at radius 3 is 2.64 bits per heavy atom. The molecule has 1 fully saturated rings. The molecule has 0 amide bonds. The Bertz CT molecular complexity index is 211. The lowest BCUT2D eigenvalue weighted by Crippen LogP contribution is -2.43. The van der Waals surface area contributed by atoms with Crippen LogP contribution in [0.25, 0.3) is 0 Å². The number of hydrogen-bond donors (Lipinski definition) is 1. The second-order valence-electron chi connectivity index (χ2n) is 4.48. The molecule has 14 heavy (non-hydrogen) atoms. The van der Waals surface area contributed by atoms with Crippen LogP contribution >= 0.6 is 0 Å². The first-order valence-electron chi connectivity index (χ1n) is 5.38. The molecule has 1 saturated carbocycles. The molecule has 3 nitrogen and oxygen atoms in total. The highest BCUT2D eigenvalue weighted by Crippen LogP contribution is 2.38. The highest BCUT2D eigenvalue weighted by molar-refractivity contribution is 5.79. The fourth-order valence-electron chi connectivity index (χ4n) is 2.16. The molecule has 82 valence electrons. The third-order valence-electron chi connectivity index (χ3n) is 3.18. The molecule has 0 radical (unpaired) electrons. The maximum Gasteiger partial charge on any atom is 0.338 e. The average molecular weight is 200 g/mol. The van der Waals surface area contributed by atoms with Crippen molar-refractivity contribution in [1.29, 1.82) is 0 Å². The topological polar surface area (TPSA) is 46.5 Å². The van der Waals surface area contributed by atoms with Gasteiger partial charge in [-0.3, -0.25) is 0 Å². The number of ether oxygens (including phenoxy) is 1. The molecule has 3 unspecified atom stereocenters. The summed E-state index contributed by atoms with van der Waals surface area (Å²) in [7, 11) is 0. The van der Waals surface area contributed by atoms with Crippen molar-refractivity contribution in [1.82, 2.24) is 0 Å². The van der Waals surface area contributed by atoms with Gasteiger partial charge in [-0.1, -0.05) is 13.3 Å². The summed E-state index contributed by atoms with van der Waals surface area (Å²) in [6.45, 7) is 5.82. The third kappa shape index (κ3) is 2.27. The van der Waals surface area contributed by atoms with E-state index in [1.807, 2.05) is 0 Å². The van der Waals surface area contributed by atoms with Crippen LogP contribution in [0.15, 0.2) is 0 Å². The molecule has 1 aliphatic rings. The first-order chi connectivity index (χ1) is 6.48. The Kier molecular flexibility index (Phi) is 3.53. The van der Waals surface area contributed by atoms with Gasteiger partial charge in [-0.25, -0.2) is 4.79 Å². The predicted octanol–water partition coefficient (Wildman–Crippen LogP) is 1.74. The zero-order valence-electron chi connectivity index (χ0n) is 9.25. The first-order valence-corrected chi connectivity index (χ1v) is 5.38. The maximum absolute atomic E-state index is 11.5. The Morgan fingerprint density at radius 1 is 1.57 bits per heavy atom. The van der Waals surface area contributed by atoms with Crippen LogP contribution in [0.4, 0.5) is 0 Å². The standard InChI is InChI=1S/C11H20O3/c1-4-14-10(12)11(3,13)9-6-5-8(2)7-9/h8-9,13H,4-7H2,1-3H3. The van der Waals surface area contributed by atoms with Crippen LogP contribution < -0.4 is 0 Å². The Morgan fingerprint density at radius 2 is 2.21 bits per heavy atom. The SMILES string of the molecule is CCOC(=O)C(C)(O)C1CCC(C)C1. The second kappa shape index (κ2) is 4.30. The van der Waals surface area contributed by atoms with Gasteiger partial charge in [0.05, 0.1) is 6.61 Å². The van der Waals surface area contributed by atoms with Crippen molar-refractivity contribution in [2.45, 2.75) is 45.6 Å². The molecule has 1 rings (SSSR count). The molecule has 0 bridgehead atoms. The lowest BCUT2D eigenvalue weighted by atomic mass is 9.87. The normalized spacial score (nSPS) is 31.1. The van der Waals surface area contributed by atoms with Crippen LogP contribution in [-0.2, 0) is 9.53 Å². The van der Waals surface area contributed by atoms with Crippen molar-refractivity contribution in [3.8, 4) is 0 Å². The number of rotatable bonds is 3. The summed E-state index contributed by atoms with van der Waals surface area (Å²) in [5.74, 6) is 0.205. The summed E-state index contributed by atoms with van der Waals surface area (Å²) >= 11 is 0. The summed E-state index contributed by atoms with van der Waals surface area (Å²) in [5, 5.41) is 10.1. The van der Waals surface area contributed by atoms with Gasteiger partial charge in [0.25, 0.3) is 0 Å². The van der Waals surface area contributed by atoms with Gasteiger partial charge in [-0.15, -0.1) is 0 Å².